The summed E-state index contributed by atoms with van der Waals surface area (Å²) in [4.78, 5) is 17.3. The summed E-state index contributed by atoms with van der Waals surface area (Å²) in [5.74, 6) is 0.0937. The molecule has 2 N–H and O–H groups in total. The van der Waals surface area contributed by atoms with E-state index in [1.807, 2.05) is 45.0 Å². The van der Waals surface area contributed by atoms with Gasteiger partial charge in [-0.1, -0.05) is 17.7 Å². The van der Waals surface area contributed by atoms with E-state index in [4.69, 9.17) is 11.6 Å². The second-order valence-corrected chi connectivity index (χ2v) is 7.38. The third kappa shape index (κ3) is 3.89. The molecule has 1 aliphatic rings. The lowest BCUT2D eigenvalue weighted by Gasteiger charge is -2.05. The second kappa shape index (κ2) is 6.94. The van der Waals surface area contributed by atoms with E-state index in [1.165, 1.54) is 11.8 Å². The number of carbonyl (C=O) groups excluding carboxylic acids is 1. The maximum absolute atomic E-state index is 12.2. The molecule has 0 unspecified atom stereocenters. The van der Waals surface area contributed by atoms with Gasteiger partial charge in [-0.3, -0.25) is 4.79 Å². The van der Waals surface area contributed by atoms with Gasteiger partial charge in [0.05, 0.1) is 10.6 Å². The summed E-state index contributed by atoms with van der Waals surface area (Å²) < 4.78 is 0. The van der Waals surface area contributed by atoms with Crippen molar-refractivity contribution in [3.05, 3.63) is 62.5 Å². The Balaban J connectivity index is 1.90. The van der Waals surface area contributed by atoms with Gasteiger partial charge < -0.3 is 10.4 Å². The minimum absolute atomic E-state index is 0.188. The molecule has 0 aromatic heterocycles. The lowest BCUT2D eigenvalue weighted by atomic mass is 10.1. The number of carbonyl (C=O) groups is 1. The van der Waals surface area contributed by atoms with Gasteiger partial charge in [0, 0.05) is 5.02 Å². The first-order valence-corrected chi connectivity index (χ1v) is 8.89. The number of phenolic OH excluding ortho intramolecular Hbond substituents is 1. The highest BCUT2D eigenvalue weighted by atomic mass is 35.5. The highest BCUT2D eigenvalue weighted by molar-refractivity contribution is 8.18. The monoisotopic (exact) mass is 372 g/mol. The van der Waals surface area contributed by atoms with E-state index >= 15 is 0 Å². The zero-order valence-electron chi connectivity index (χ0n) is 14.1. The molecule has 25 heavy (non-hydrogen) atoms. The van der Waals surface area contributed by atoms with Crippen LogP contribution in [0.25, 0.3) is 6.08 Å². The molecule has 3 rings (SSSR count). The fraction of sp³-hybridized carbons (Fsp3) is 0.158. The topological polar surface area (TPSA) is 61.7 Å². The van der Waals surface area contributed by atoms with Gasteiger partial charge in [-0.2, -0.15) is 0 Å². The third-order valence-corrected chi connectivity index (χ3v) is 5.00. The number of halogens is 1. The van der Waals surface area contributed by atoms with Crippen LogP contribution in [0.5, 0.6) is 5.75 Å². The molecule has 1 amide bonds. The lowest BCUT2D eigenvalue weighted by molar-refractivity contribution is -0.115. The Hall–Kier alpha value is -2.24. The molecule has 0 spiro atoms. The predicted molar refractivity (Wildman–Crippen MR) is 105 cm³/mol. The second-order valence-electron chi connectivity index (χ2n) is 5.92. The summed E-state index contributed by atoms with van der Waals surface area (Å²) in [7, 11) is 0. The summed E-state index contributed by atoms with van der Waals surface area (Å²) in [6, 6.07) is 9.16. The minimum atomic E-state index is -0.188. The fourth-order valence-corrected chi connectivity index (χ4v) is 3.52. The van der Waals surface area contributed by atoms with E-state index in [0.29, 0.717) is 15.1 Å². The Morgan fingerprint density at radius 3 is 2.48 bits per heavy atom. The summed E-state index contributed by atoms with van der Waals surface area (Å²) in [6.07, 6.45) is 1.80. The van der Waals surface area contributed by atoms with Crippen LogP contribution in [0.1, 0.15) is 22.3 Å². The number of aryl methyl sites for hydroxylation is 3. The standard InChI is InChI=1S/C19H17ClN2O2S/c1-10-4-5-14(20)9-15(10)21-19-22-18(24)16(25-19)8-13-6-11(2)17(23)12(3)7-13/h4-9,23H,1-3H3,(H,21,22,24)/b16-8-. The van der Waals surface area contributed by atoms with Crippen molar-refractivity contribution >= 4 is 46.2 Å². The molecule has 128 valence electrons. The van der Waals surface area contributed by atoms with Gasteiger partial charge in [0.2, 0.25) is 0 Å². The number of aliphatic imine (C=N–C) groups is 1. The van der Waals surface area contributed by atoms with Crippen LogP contribution in [0.4, 0.5) is 5.69 Å². The number of thioether (sulfide) groups is 1. The fourth-order valence-electron chi connectivity index (χ4n) is 2.52. The van der Waals surface area contributed by atoms with E-state index < -0.39 is 0 Å². The smallest absolute Gasteiger partial charge is 0.264 e. The average molecular weight is 373 g/mol. The number of phenols is 1. The summed E-state index contributed by atoms with van der Waals surface area (Å²) in [5.41, 5.74) is 4.13. The first-order chi connectivity index (χ1) is 11.8. The Bertz CT molecular complexity index is 912. The SMILES string of the molecule is Cc1ccc(Cl)cc1N=C1NC(=O)/C(=C/c2cc(C)c(O)c(C)c2)S1. The predicted octanol–water partition coefficient (Wildman–Crippen LogP) is 4.86. The quantitative estimate of drug-likeness (QED) is 0.740. The largest absolute Gasteiger partial charge is 0.507 e. The van der Waals surface area contributed by atoms with Crippen LogP contribution in [0.15, 0.2) is 40.2 Å². The molecule has 1 saturated heterocycles. The molecular formula is C19H17ClN2O2S. The number of amides is 1. The van der Waals surface area contributed by atoms with E-state index in [0.717, 1.165) is 27.9 Å². The van der Waals surface area contributed by atoms with Crippen molar-refractivity contribution < 1.29 is 9.90 Å². The minimum Gasteiger partial charge on any atom is -0.507 e. The van der Waals surface area contributed by atoms with Crippen molar-refractivity contribution in [1.29, 1.82) is 0 Å². The van der Waals surface area contributed by atoms with Gasteiger partial charge in [-0.25, -0.2) is 4.99 Å². The molecule has 6 heteroatoms. The number of hydrogen-bond acceptors (Lipinski definition) is 4. The molecule has 2 aromatic rings. The Morgan fingerprint density at radius 2 is 1.80 bits per heavy atom. The normalized spacial score (nSPS) is 17.4. The van der Waals surface area contributed by atoms with E-state index in [9.17, 15) is 9.90 Å². The van der Waals surface area contributed by atoms with Crippen LogP contribution in [-0.4, -0.2) is 16.2 Å². The van der Waals surface area contributed by atoms with Gasteiger partial charge in [0.1, 0.15) is 5.75 Å². The van der Waals surface area contributed by atoms with Crippen LogP contribution < -0.4 is 5.32 Å². The number of nitrogens with one attached hydrogen (secondary N) is 1. The van der Waals surface area contributed by atoms with E-state index in [2.05, 4.69) is 10.3 Å². The first-order valence-electron chi connectivity index (χ1n) is 7.69. The zero-order valence-corrected chi connectivity index (χ0v) is 15.6. The molecule has 1 aliphatic heterocycles. The number of hydrogen-bond donors (Lipinski definition) is 2. The van der Waals surface area contributed by atoms with Crippen molar-refractivity contribution in [2.24, 2.45) is 4.99 Å². The van der Waals surface area contributed by atoms with Crippen LogP contribution >= 0.6 is 23.4 Å². The highest BCUT2D eigenvalue weighted by Gasteiger charge is 2.24. The van der Waals surface area contributed by atoms with Gasteiger partial charge in [0.25, 0.3) is 5.91 Å². The van der Waals surface area contributed by atoms with Gasteiger partial charge in [-0.05, 0) is 85.1 Å². The van der Waals surface area contributed by atoms with Crippen molar-refractivity contribution in [1.82, 2.24) is 5.32 Å². The average Bonchev–Trinajstić information content (AvgIpc) is 2.88. The number of aromatic hydroxyl groups is 1. The molecule has 0 bridgehead atoms. The van der Waals surface area contributed by atoms with Crippen molar-refractivity contribution in [3.63, 3.8) is 0 Å². The van der Waals surface area contributed by atoms with Crippen LogP contribution in [0.3, 0.4) is 0 Å². The van der Waals surface area contributed by atoms with Gasteiger partial charge in [-0.15, -0.1) is 0 Å². The van der Waals surface area contributed by atoms with Crippen molar-refractivity contribution in [2.45, 2.75) is 20.8 Å². The van der Waals surface area contributed by atoms with Crippen LogP contribution in [0, 0.1) is 20.8 Å². The molecule has 2 aromatic carbocycles. The third-order valence-electron chi connectivity index (χ3n) is 3.86. The van der Waals surface area contributed by atoms with E-state index in [1.54, 1.807) is 12.1 Å². The molecule has 4 nitrogen and oxygen atoms in total. The molecule has 0 atom stereocenters. The summed E-state index contributed by atoms with van der Waals surface area (Å²) in [5, 5.41) is 13.8. The van der Waals surface area contributed by atoms with Crippen LogP contribution in [-0.2, 0) is 4.79 Å². The number of benzene rings is 2. The Labute approximate surface area is 155 Å². The lowest BCUT2D eigenvalue weighted by Crippen LogP contribution is -2.19. The zero-order chi connectivity index (χ0) is 18.1. The molecule has 1 heterocycles. The summed E-state index contributed by atoms with van der Waals surface area (Å²) in [6.45, 7) is 5.61. The van der Waals surface area contributed by atoms with Crippen LogP contribution in [0.2, 0.25) is 5.02 Å². The highest BCUT2D eigenvalue weighted by Crippen LogP contribution is 2.31. The maximum Gasteiger partial charge on any atom is 0.264 e. The summed E-state index contributed by atoms with van der Waals surface area (Å²) >= 11 is 7.30. The van der Waals surface area contributed by atoms with Gasteiger partial charge >= 0.3 is 0 Å². The van der Waals surface area contributed by atoms with E-state index in [-0.39, 0.29) is 11.7 Å². The van der Waals surface area contributed by atoms with Crippen molar-refractivity contribution in [2.75, 3.05) is 0 Å². The van der Waals surface area contributed by atoms with Crippen molar-refractivity contribution in [3.8, 4) is 5.75 Å². The maximum atomic E-state index is 12.2. The number of rotatable bonds is 2. The Kier molecular flexibility index (Phi) is 4.88. The molecular weight excluding hydrogens is 356 g/mol. The number of amidine groups is 1. The Morgan fingerprint density at radius 1 is 1.12 bits per heavy atom. The first kappa shape index (κ1) is 17.6. The molecule has 0 saturated carbocycles. The molecule has 0 aliphatic carbocycles. The number of nitrogens with zero attached hydrogens (tertiary/aromatic N) is 1. The molecule has 1 fully saturated rings. The molecule has 0 radical (unpaired) electrons. The van der Waals surface area contributed by atoms with Gasteiger partial charge in [0.15, 0.2) is 5.17 Å².